The second-order valence-electron chi connectivity index (χ2n) is 5.30. The van der Waals surface area contributed by atoms with Crippen LogP contribution in [0, 0.1) is 11.8 Å². The molecule has 1 saturated carbocycles. The lowest BCUT2D eigenvalue weighted by molar-refractivity contribution is 0.391. The summed E-state index contributed by atoms with van der Waals surface area (Å²) in [5, 5.41) is 7.74. The van der Waals surface area contributed by atoms with Gasteiger partial charge in [0.25, 0.3) is 0 Å². The van der Waals surface area contributed by atoms with Crippen LogP contribution in [-0.4, -0.2) is 20.6 Å². The number of aromatic nitrogens is 3. The first-order valence-corrected chi connectivity index (χ1v) is 6.85. The Labute approximate surface area is 107 Å². The van der Waals surface area contributed by atoms with E-state index in [1.54, 1.807) is 10.7 Å². The highest BCUT2D eigenvalue weighted by atomic mass is 15.2. The smallest absolute Gasteiger partial charge is 0.157 e. The van der Waals surface area contributed by atoms with E-state index >= 15 is 0 Å². The van der Waals surface area contributed by atoms with E-state index in [1.807, 2.05) is 18.3 Å². The number of hydrogen-bond donors (Lipinski definition) is 1. The molecule has 2 heterocycles. The molecule has 2 aromatic heterocycles. The van der Waals surface area contributed by atoms with Crippen molar-refractivity contribution in [3.8, 4) is 0 Å². The molecule has 1 N–H and O–H groups in total. The van der Waals surface area contributed by atoms with E-state index in [9.17, 15) is 0 Å². The number of nitrogens with zero attached hydrogens (tertiary/aromatic N) is 3. The summed E-state index contributed by atoms with van der Waals surface area (Å²) in [5.74, 6) is 2.57. The molecule has 96 valence electrons. The number of fused-ring (bicyclic) bond motifs is 1. The third-order valence-corrected chi connectivity index (χ3v) is 4.34. The Bertz CT molecular complexity index is 533. The largest absolute Gasteiger partial charge is 0.367 e. The van der Waals surface area contributed by atoms with Gasteiger partial charge in [-0.1, -0.05) is 20.3 Å². The van der Waals surface area contributed by atoms with Crippen molar-refractivity contribution in [3.05, 3.63) is 24.5 Å². The van der Waals surface area contributed by atoms with Crippen LogP contribution in [0.3, 0.4) is 0 Å². The predicted octanol–water partition coefficient (Wildman–Crippen LogP) is 2.97. The van der Waals surface area contributed by atoms with Crippen molar-refractivity contribution in [1.82, 2.24) is 14.6 Å². The maximum absolute atomic E-state index is 4.57. The topological polar surface area (TPSA) is 42.2 Å². The highest BCUT2D eigenvalue weighted by molar-refractivity contribution is 5.46. The average Bonchev–Trinajstić information content (AvgIpc) is 2.97. The summed E-state index contributed by atoms with van der Waals surface area (Å²) < 4.78 is 1.79. The molecule has 0 radical (unpaired) electrons. The molecule has 4 nitrogen and oxygen atoms in total. The summed E-state index contributed by atoms with van der Waals surface area (Å²) in [5.41, 5.74) is 0.901. The molecule has 18 heavy (non-hydrogen) atoms. The van der Waals surface area contributed by atoms with Crippen molar-refractivity contribution >= 4 is 11.5 Å². The quantitative estimate of drug-likeness (QED) is 0.902. The van der Waals surface area contributed by atoms with Crippen LogP contribution in [0.15, 0.2) is 24.5 Å². The fraction of sp³-hybridized carbons (Fsp3) is 0.571. The summed E-state index contributed by atoms with van der Waals surface area (Å²) in [4.78, 5) is 4.57. The van der Waals surface area contributed by atoms with Crippen LogP contribution in [0.4, 0.5) is 5.82 Å². The summed E-state index contributed by atoms with van der Waals surface area (Å²) in [6.45, 7) is 4.65. The molecule has 0 bridgehead atoms. The Balaban J connectivity index is 1.76. The first kappa shape index (κ1) is 11.5. The highest BCUT2D eigenvalue weighted by Gasteiger charge is 2.31. The number of rotatable bonds is 3. The van der Waals surface area contributed by atoms with Crippen molar-refractivity contribution in [1.29, 1.82) is 0 Å². The van der Waals surface area contributed by atoms with Gasteiger partial charge in [0.1, 0.15) is 5.82 Å². The number of hydrogen-bond acceptors (Lipinski definition) is 3. The van der Waals surface area contributed by atoms with Crippen molar-refractivity contribution in [3.63, 3.8) is 0 Å². The monoisotopic (exact) mass is 244 g/mol. The third kappa shape index (κ3) is 1.96. The Morgan fingerprint density at radius 2 is 2.28 bits per heavy atom. The fourth-order valence-electron chi connectivity index (χ4n) is 3.11. The van der Waals surface area contributed by atoms with Crippen molar-refractivity contribution in [2.75, 3.05) is 5.32 Å². The van der Waals surface area contributed by atoms with Gasteiger partial charge in [-0.3, -0.25) is 0 Å². The molecular weight excluding hydrogens is 224 g/mol. The van der Waals surface area contributed by atoms with Gasteiger partial charge in [-0.15, -0.1) is 0 Å². The Hall–Kier alpha value is -1.58. The second-order valence-corrected chi connectivity index (χ2v) is 5.30. The van der Waals surface area contributed by atoms with Gasteiger partial charge in [-0.2, -0.15) is 5.10 Å². The lowest BCUT2D eigenvalue weighted by Gasteiger charge is -2.21. The minimum atomic E-state index is 0.563. The Kier molecular flexibility index (Phi) is 2.94. The molecule has 0 aromatic carbocycles. The summed E-state index contributed by atoms with van der Waals surface area (Å²) in [7, 11) is 0. The van der Waals surface area contributed by atoms with Crippen LogP contribution in [0.1, 0.15) is 33.1 Å². The van der Waals surface area contributed by atoms with Gasteiger partial charge in [0.2, 0.25) is 0 Å². The van der Waals surface area contributed by atoms with E-state index in [-0.39, 0.29) is 0 Å². The van der Waals surface area contributed by atoms with E-state index in [0.717, 1.165) is 23.3 Å². The van der Waals surface area contributed by atoms with E-state index in [1.165, 1.54) is 19.3 Å². The van der Waals surface area contributed by atoms with Crippen molar-refractivity contribution < 1.29 is 0 Å². The van der Waals surface area contributed by atoms with Crippen LogP contribution in [-0.2, 0) is 0 Å². The SMILES string of the molecule is CCC1CCC(Nc2ccn3nccc3n2)C1C. The molecule has 0 saturated heterocycles. The average molecular weight is 244 g/mol. The lowest BCUT2D eigenvalue weighted by atomic mass is 9.93. The molecule has 1 fully saturated rings. The van der Waals surface area contributed by atoms with Gasteiger partial charge in [-0.05, 0) is 30.7 Å². The molecule has 0 amide bonds. The second kappa shape index (κ2) is 4.59. The molecule has 1 aliphatic rings. The molecule has 1 aliphatic carbocycles. The van der Waals surface area contributed by atoms with Gasteiger partial charge in [0.15, 0.2) is 5.65 Å². The van der Waals surface area contributed by atoms with Crippen molar-refractivity contribution in [2.24, 2.45) is 11.8 Å². The Morgan fingerprint density at radius 1 is 1.39 bits per heavy atom. The highest BCUT2D eigenvalue weighted by Crippen LogP contribution is 2.35. The van der Waals surface area contributed by atoms with E-state index in [2.05, 4.69) is 29.2 Å². The third-order valence-electron chi connectivity index (χ3n) is 4.34. The van der Waals surface area contributed by atoms with Crippen LogP contribution in [0.25, 0.3) is 5.65 Å². The summed E-state index contributed by atoms with van der Waals surface area (Å²) in [6, 6.07) is 4.50. The fourth-order valence-corrected chi connectivity index (χ4v) is 3.11. The minimum Gasteiger partial charge on any atom is -0.367 e. The molecule has 0 aliphatic heterocycles. The van der Waals surface area contributed by atoms with Crippen LogP contribution < -0.4 is 5.32 Å². The zero-order valence-electron chi connectivity index (χ0n) is 11.0. The van der Waals surface area contributed by atoms with E-state index in [4.69, 9.17) is 0 Å². The molecule has 4 heteroatoms. The van der Waals surface area contributed by atoms with Gasteiger partial charge in [0, 0.05) is 18.3 Å². The van der Waals surface area contributed by atoms with Gasteiger partial charge < -0.3 is 5.32 Å². The number of nitrogens with one attached hydrogen (secondary N) is 1. The van der Waals surface area contributed by atoms with Gasteiger partial charge in [0.05, 0.1) is 6.20 Å². The molecule has 3 unspecified atom stereocenters. The zero-order chi connectivity index (χ0) is 12.5. The zero-order valence-corrected chi connectivity index (χ0v) is 11.0. The summed E-state index contributed by atoms with van der Waals surface area (Å²) in [6.07, 6.45) is 7.61. The number of anilines is 1. The molecule has 3 atom stereocenters. The molecule has 0 spiro atoms. The minimum absolute atomic E-state index is 0.563. The maximum atomic E-state index is 4.57. The molecule has 2 aromatic rings. The first-order valence-electron chi connectivity index (χ1n) is 6.85. The van der Waals surface area contributed by atoms with E-state index < -0.39 is 0 Å². The van der Waals surface area contributed by atoms with Crippen LogP contribution >= 0.6 is 0 Å². The van der Waals surface area contributed by atoms with Gasteiger partial charge >= 0.3 is 0 Å². The van der Waals surface area contributed by atoms with Gasteiger partial charge in [-0.25, -0.2) is 9.50 Å². The lowest BCUT2D eigenvalue weighted by Crippen LogP contribution is -2.25. The predicted molar refractivity (Wildman–Crippen MR) is 72.6 cm³/mol. The van der Waals surface area contributed by atoms with Crippen LogP contribution in [0.5, 0.6) is 0 Å². The Morgan fingerprint density at radius 3 is 3.06 bits per heavy atom. The van der Waals surface area contributed by atoms with E-state index in [0.29, 0.717) is 6.04 Å². The molecular formula is C14H20N4. The molecule has 3 rings (SSSR count). The summed E-state index contributed by atoms with van der Waals surface area (Å²) >= 11 is 0. The maximum Gasteiger partial charge on any atom is 0.157 e. The first-order chi connectivity index (χ1) is 8.78. The van der Waals surface area contributed by atoms with Crippen molar-refractivity contribution in [2.45, 2.75) is 39.2 Å². The standard InChI is InChI=1S/C14H20N4/c1-3-11-4-5-12(10(11)2)16-13-7-9-18-14(17-13)6-8-15-18/h6-12H,3-5H2,1-2H3,(H,16,17). The normalized spacial score (nSPS) is 27.8. The van der Waals surface area contributed by atoms with Crippen LogP contribution in [0.2, 0.25) is 0 Å².